The molecule has 0 radical (unpaired) electrons. The standard InChI is InChI=1S/C12H15ClN4O/c1-8(14-2)11-7-17(16-15-11)12-6-9(18-3)4-5-10(12)13/h4-8,14H,1-3H3. The zero-order valence-corrected chi connectivity index (χ0v) is 11.3. The fraction of sp³-hybridized carbons (Fsp3) is 0.333. The van der Waals surface area contributed by atoms with Crippen molar-refractivity contribution >= 4 is 11.6 Å². The lowest BCUT2D eigenvalue weighted by atomic mass is 10.2. The van der Waals surface area contributed by atoms with Crippen molar-refractivity contribution in [3.63, 3.8) is 0 Å². The molecule has 1 atom stereocenters. The van der Waals surface area contributed by atoms with E-state index in [1.807, 2.05) is 26.2 Å². The molecule has 0 aliphatic heterocycles. The van der Waals surface area contributed by atoms with Gasteiger partial charge in [0.05, 0.1) is 29.7 Å². The Hall–Kier alpha value is -1.59. The average Bonchev–Trinajstić information content (AvgIpc) is 2.88. The molecule has 1 heterocycles. The van der Waals surface area contributed by atoms with Gasteiger partial charge in [-0.25, -0.2) is 4.68 Å². The molecular weight excluding hydrogens is 252 g/mol. The summed E-state index contributed by atoms with van der Waals surface area (Å²) in [7, 11) is 3.49. The van der Waals surface area contributed by atoms with E-state index in [-0.39, 0.29) is 6.04 Å². The van der Waals surface area contributed by atoms with E-state index < -0.39 is 0 Å². The zero-order valence-electron chi connectivity index (χ0n) is 10.5. The highest BCUT2D eigenvalue weighted by molar-refractivity contribution is 6.32. The van der Waals surface area contributed by atoms with Gasteiger partial charge in [-0.05, 0) is 26.1 Å². The van der Waals surface area contributed by atoms with E-state index >= 15 is 0 Å². The van der Waals surface area contributed by atoms with Crippen LogP contribution in [0.3, 0.4) is 0 Å². The number of methoxy groups -OCH3 is 1. The molecule has 0 bridgehead atoms. The Morgan fingerprint density at radius 2 is 2.22 bits per heavy atom. The number of hydrogen-bond acceptors (Lipinski definition) is 4. The van der Waals surface area contributed by atoms with Crippen molar-refractivity contribution in [1.82, 2.24) is 20.3 Å². The Balaban J connectivity index is 2.39. The van der Waals surface area contributed by atoms with E-state index in [2.05, 4.69) is 15.6 Å². The second-order valence-electron chi connectivity index (χ2n) is 3.92. The van der Waals surface area contributed by atoms with Crippen LogP contribution in [0, 0.1) is 0 Å². The molecule has 96 valence electrons. The van der Waals surface area contributed by atoms with Gasteiger partial charge in [-0.1, -0.05) is 16.8 Å². The van der Waals surface area contributed by atoms with Gasteiger partial charge < -0.3 is 10.1 Å². The summed E-state index contributed by atoms with van der Waals surface area (Å²) in [6.07, 6.45) is 1.85. The van der Waals surface area contributed by atoms with Gasteiger partial charge >= 0.3 is 0 Å². The predicted octanol–water partition coefficient (Wildman–Crippen LogP) is 2.21. The molecule has 1 unspecified atom stereocenters. The highest BCUT2D eigenvalue weighted by Crippen LogP contribution is 2.25. The van der Waals surface area contributed by atoms with Crippen molar-refractivity contribution in [3.8, 4) is 11.4 Å². The monoisotopic (exact) mass is 266 g/mol. The molecule has 18 heavy (non-hydrogen) atoms. The smallest absolute Gasteiger partial charge is 0.121 e. The van der Waals surface area contributed by atoms with Gasteiger partial charge in [-0.2, -0.15) is 0 Å². The first kappa shape index (κ1) is 12.9. The minimum atomic E-state index is 0.142. The summed E-state index contributed by atoms with van der Waals surface area (Å²) in [4.78, 5) is 0. The topological polar surface area (TPSA) is 52.0 Å². The Kier molecular flexibility index (Phi) is 3.84. The van der Waals surface area contributed by atoms with Crippen LogP contribution in [0.4, 0.5) is 0 Å². The van der Waals surface area contributed by atoms with Gasteiger partial charge in [0, 0.05) is 12.1 Å². The number of ether oxygens (including phenoxy) is 1. The van der Waals surface area contributed by atoms with Crippen molar-refractivity contribution < 1.29 is 4.74 Å². The first-order chi connectivity index (χ1) is 8.65. The quantitative estimate of drug-likeness (QED) is 0.922. The number of aromatic nitrogens is 3. The molecule has 6 heteroatoms. The summed E-state index contributed by atoms with van der Waals surface area (Å²) in [6.45, 7) is 2.02. The van der Waals surface area contributed by atoms with Crippen LogP contribution >= 0.6 is 11.6 Å². The first-order valence-corrected chi connectivity index (χ1v) is 5.97. The van der Waals surface area contributed by atoms with Gasteiger partial charge in [0.25, 0.3) is 0 Å². The van der Waals surface area contributed by atoms with Crippen LogP contribution in [0.25, 0.3) is 5.69 Å². The van der Waals surface area contributed by atoms with E-state index in [1.54, 1.807) is 23.9 Å². The van der Waals surface area contributed by atoms with Crippen LogP contribution in [0.1, 0.15) is 18.7 Å². The van der Waals surface area contributed by atoms with Crippen LogP contribution < -0.4 is 10.1 Å². The Labute approximate surface area is 111 Å². The molecule has 0 saturated carbocycles. The lowest BCUT2D eigenvalue weighted by molar-refractivity contribution is 0.414. The van der Waals surface area contributed by atoms with E-state index in [4.69, 9.17) is 16.3 Å². The van der Waals surface area contributed by atoms with Crippen LogP contribution in [-0.2, 0) is 0 Å². The van der Waals surface area contributed by atoms with Gasteiger partial charge in [0.2, 0.25) is 0 Å². The van der Waals surface area contributed by atoms with Crippen molar-refractivity contribution in [1.29, 1.82) is 0 Å². The summed E-state index contributed by atoms with van der Waals surface area (Å²) < 4.78 is 6.82. The minimum Gasteiger partial charge on any atom is -0.497 e. The molecule has 5 nitrogen and oxygen atoms in total. The number of rotatable bonds is 4. The van der Waals surface area contributed by atoms with Gasteiger partial charge in [0.15, 0.2) is 0 Å². The highest BCUT2D eigenvalue weighted by Gasteiger charge is 2.11. The molecule has 0 amide bonds. The van der Waals surface area contributed by atoms with Gasteiger partial charge in [-0.3, -0.25) is 0 Å². The normalized spacial score (nSPS) is 12.4. The number of hydrogen-bond donors (Lipinski definition) is 1. The van der Waals surface area contributed by atoms with Gasteiger partial charge in [-0.15, -0.1) is 5.10 Å². The highest BCUT2D eigenvalue weighted by atomic mass is 35.5. The molecule has 1 N–H and O–H groups in total. The lowest BCUT2D eigenvalue weighted by Gasteiger charge is -2.06. The molecule has 0 saturated heterocycles. The van der Waals surface area contributed by atoms with E-state index in [0.717, 1.165) is 17.1 Å². The average molecular weight is 267 g/mol. The SMILES string of the molecule is CNC(C)c1cn(-c2cc(OC)ccc2Cl)nn1. The number of benzene rings is 1. The van der Waals surface area contributed by atoms with E-state index in [0.29, 0.717) is 5.02 Å². The van der Waals surface area contributed by atoms with Crippen molar-refractivity contribution in [3.05, 3.63) is 35.1 Å². The van der Waals surface area contributed by atoms with Crippen LogP contribution in [0.2, 0.25) is 5.02 Å². The summed E-state index contributed by atoms with van der Waals surface area (Å²) in [5.41, 5.74) is 1.61. The molecule has 0 fully saturated rings. The molecule has 2 aromatic rings. The molecule has 0 spiro atoms. The second kappa shape index (κ2) is 5.37. The third-order valence-electron chi connectivity index (χ3n) is 2.79. The second-order valence-corrected chi connectivity index (χ2v) is 4.32. The molecule has 0 aliphatic carbocycles. The zero-order chi connectivity index (χ0) is 13.1. The lowest BCUT2D eigenvalue weighted by Crippen LogP contribution is -2.12. The Morgan fingerprint density at radius 3 is 2.89 bits per heavy atom. The molecule has 0 aliphatic rings. The van der Waals surface area contributed by atoms with Crippen molar-refractivity contribution in [2.75, 3.05) is 14.2 Å². The first-order valence-electron chi connectivity index (χ1n) is 5.59. The third-order valence-corrected chi connectivity index (χ3v) is 3.11. The largest absolute Gasteiger partial charge is 0.497 e. The number of nitrogens with one attached hydrogen (secondary N) is 1. The van der Waals surface area contributed by atoms with Crippen LogP contribution in [0.5, 0.6) is 5.75 Å². The molecular formula is C12H15ClN4O. The maximum absolute atomic E-state index is 6.15. The molecule has 1 aromatic carbocycles. The Morgan fingerprint density at radius 1 is 1.44 bits per heavy atom. The minimum absolute atomic E-state index is 0.142. The number of nitrogens with zero attached hydrogens (tertiary/aromatic N) is 3. The Bertz CT molecular complexity index is 541. The van der Waals surface area contributed by atoms with Crippen molar-refractivity contribution in [2.24, 2.45) is 0 Å². The van der Waals surface area contributed by atoms with E-state index in [9.17, 15) is 0 Å². The van der Waals surface area contributed by atoms with Crippen LogP contribution in [0.15, 0.2) is 24.4 Å². The van der Waals surface area contributed by atoms with Crippen molar-refractivity contribution in [2.45, 2.75) is 13.0 Å². The summed E-state index contributed by atoms with van der Waals surface area (Å²) in [5, 5.41) is 11.9. The fourth-order valence-corrected chi connectivity index (χ4v) is 1.74. The summed E-state index contributed by atoms with van der Waals surface area (Å²) >= 11 is 6.15. The third kappa shape index (κ3) is 2.47. The molecule has 2 rings (SSSR count). The predicted molar refractivity (Wildman–Crippen MR) is 70.4 cm³/mol. The maximum atomic E-state index is 6.15. The van der Waals surface area contributed by atoms with Crippen LogP contribution in [-0.4, -0.2) is 29.2 Å². The fourth-order valence-electron chi connectivity index (χ4n) is 1.54. The molecule has 1 aromatic heterocycles. The summed E-state index contributed by atoms with van der Waals surface area (Å²) in [6, 6.07) is 5.55. The summed E-state index contributed by atoms with van der Waals surface area (Å²) in [5.74, 6) is 0.730. The maximum Gasteiger partial charge on any atom is 0.121 e. The number of halogens is 1. The van der Waals surface area contributed by atoms with Gasteiger partial charge in [0.1, 0.15) is 5.75 Å². The van der Waals surface area contributed by atoms with E-state index in [1.165, 1.54) is 0 Å².